The van der Waals surface area contributed by atoms with Crippen molar-refractivity contribution >= 4 is 33.2 Å². The van der Waals surface area contributed by atoms with Crippen LogP contribution in [0.1, 0.15) is 28.9 Å². The van der Waals surface area contributed by atoms with Gasteiger partial charge >= 0.3 is 0 Å². The highest BCUT2D eigenvalue weighted by atomic mass is 79.9. The first-order chi connectivity index (χ1) is 7.70. The van der Waals surface area contributed by atoms with Crippen LogP contribution in [0.5, 0.6) is 0 Å². The molecular weight excluding hydrogens is 290 g/mol. The standard InChI is InChI=1S/C11H14BrNO2S/c12-10-4-3-9(16-10)11(15)13-8(5-6-14)7-1-2-7/h3-4,7-8,14H,1-2,5-6H2,(H,13,15). The van der Waals surface area contributed by atoms with E-state index in [2.05, 4.69) is 21.2 Å². The van der Waals surface area contributed by atoms with Crippen LogP contribution in [0.4, 0.5) is 0 Å². The van der Waals surface area contributed by atoms with Crippen LogP contribution in [0.2, 0.25) is 0 Å². The van der Waals surface area contributed by atoms with Crippen LogP contribution >= 0.6 is 27.3 Å². The molecule has 0 bridgehead atoms. The molecule has 0 aliphatic heterocycles. The minimum atomic E-state index is -0.0268. The van der Waals surface area contributed by atoms with E-state index < -0.39 is 0 Å². The smallest absolute Gasteiger partial charge is 0.261 e. The molecule has 3 nitrogen and oxygen atoms in total. The number of hydrogen-bond donors (Lipinski definition) is 2. The lowest BCUT2D eigenvalue weighted by Crippen LogP contribution is -2.36. The minimum absolute atomic E-state index is 0.0268. The van der Waals surface area contributed by atoms with Crippen molar-refractivity contribution in [2.75, 3.05) is 6.61 Å². The van der Waals surface area contributed by atoms with Gasteiger partial charge < -0.3 is 10.4 Å². The zero-order valence-corrected chi connectivity index (χ0v) is 11.2. The van der Waals surface area contributed by atoms with E-state index in [9.17, 15) is 4.79 Å². The van der Waals surface area contributed by atoms with E-state index in [1.54, 1.807) is 0 Å². The van der Waals surface area contributed by atoms with Gasteiger partial charge in [-0.3, -0.25) is 4.79 Å². The molecule has 1 aliphatic rings. The summed E-state index contributed by atoms with van der Waals surface area (Å²) in [4.78, 5) is 12.6. The number of hydrogen-bond acceptors (Lipinski definition) is 3. The van der Waals surface area contributed by atoms with E-state index in [0.717, 1.165) is 8.66 Å². The Hall–Kier alpha value is -0.390. The molecule has 2 rings (SSSR count). The number of carbonyl (C=O) groups is 1. The molecule has 1 fully saturated rings. The van der Waals surface area contributed by atoms with Crippen LogP contribution in [0.3, 0.4) is 0 Å². The number of carbonyl (C=O) groups excluding carboxylic acids is 1. The van der Waals surface area contributed by atoms with Crippen LogP contribution in [0.15, 0.2) is 15.9 Å². The number of nitrogens with one attached hydrogen (secondary N) is 1. The summed E-state index contributed by atoms with van der Waals surface area (Å²) in [5.41, 5.74) is 0. The maximum atomic E-state index is 11.9. The molecule has 1 amide bonds. The monoisotopic (exact) mass is 303 g/mol. The Bertz CT molecular complexity index is 376. The third kappa shape index (κ3) is 3.06. The van der Waals surface area contributed by atoms with Gasteiger partial charge in [0.25, 0.3) is 5.91 Å². The van der Waals surface area contributed by atoms with Crippen molar-refractivity contribution in [3.8, 4) is 0 Å². The summed E-state index contributed by atoms with van der Waals surface area (Å²) in [7, 11) is 0. The fourth-order valence-electron chi connectivity index (χ4n) is 1.74. The van der Waals surface area contributed by atoms with Crippen molar-refractivity contribution in [2.45, 2.75) is 25.3 Å². The molecule has 1 unspecified atom stereocenters. The number of thiophene rings is 1. The van der Waals surface area contributed by atoms with E-state index in [4.69, 9.17) is 5.11 Å². The summed E-state index contributed by atoms with van der Waals surface area (Å²) in [6.45, 7) is 0.135. The van der Waals surface area contributed by atoms with Crippen LogP contribution in [0.25, 0.3) is 0 Å². The van der Waals surface area contributed by atoms with E-state index >= 15 is 0 Å². The zero-order chi connectivity index (χ0) is 11.5. The quantitative estimate of drug-likeness (QED) is 0.877. The van der Waals surface area contributed by atoms with Gasteiger partial charge in [0, 0.05) is 12.6 Å². The Labute approximate surface area is 107 Å². The van der Waals surface area contributed by atoms with Crippen LogP contribution in [-0.2, 0) is 0 Å². The molecule has 0 saturated heterocycles. The Morgan fingerprint density at radius 2 is 2.38 bits per heavy atom. The van der Waals surface area contributed by atoms with Crippen molar-refractivity contribution < 1.29 is 9.90 Å². The Morgan fingerprint density at radius 1 is 1.62 bits per heavy atom. The molecule has 16 heavy (non-hydrogen) atoms. The molecule has 1 aliphatic carbocycles. The predicted octanol–water partition coefficient (Wildman–Crippen LogP) is 2.40. The highest BCUT2D eigenvalue weighted by Crippen LogP contribution is 2.34. The molecule has 1 heterocycles. The first-order valence-electron chi connectivity index (χ1n) is 5.38. The Morgan fingerprint density at radius 3 is 2.88 bits per heavy atom. The number of aliphatic hydroxyl groups is 1. The fraction of sp³-hybridized carbons (Fsp3) is 0.545. The second kappa shape index (κ2) is 5.29. The number of aliphatic hydroxyl groups excluding tert-OH is 1. The lowest BCUT2D eigenvalue weighted by Gasteiger charge is -2.16. The number of halogens is 1. The van der Waals surface area contributed by atoms with E-state index in [0.29, 0.717) is 12.3 Å². The normalized spacial score (nSPS) is 17.1. The molecule has 2 N–H and O–H groups in total. The summed E-state index contributed by atoms with van der Waals surface area (Å²) in [5, 5.41) is 11.9. The van der Waals surface area contributed by atoms with Gasteiger partial charge in [0.1, 0.15) is 0 Å². The van der Waals surface area contributed by atoms with Crippen LogP contribution in [0, 0.1) is 5.92 Å². The summed E-state index contributed by atoms with van der Waals surface area (Å²) < 4.78 is 0.961. The summed E-state index contributed by atoms with van der Waals surface area (Å²) >= 11 is 4.77. The highest BCUT2D eigenvalue weighted by molar-refractivity contribution is 9.11. The van der Waals surface area contributed by atoms with E-state index in [-0.39, 0.29) is 18.6 Å². The molecule has 1 atom stereocenters. The second-order valence-corrected chi connectivity index (χ2v) is 6.50. The lowest BCUT2D eigenvalue weighted by atomic mass is 10.1. The Balaban J connectivity index is 1.94. The van der Waals surface area contributed by atoms with Gasteiger partial charge in [0.2, 0.25) is 0 Å². The van der Waals surface area contributed by atoms with Crippen LogP contribution < -0.4 is 5.32 Å². The molecule has 88 valence electrons. The number of rotatable bonds is 5. The first kappa shape index (κ1) is 12.1. The fourth-order valence-corrected chi connectivity index (χ4v) is 3.03. The van der Waals surface area contributed by atoms with Crippen LogP contribution in [-0.4, -0.2) is 23.7 Å². The SMILES string of the molecule is O=C(NC(CCO)C1CC1)c1ccc(Br)s1. The summed E-state index contributed by atoms with van der Waals surface area (Å²) in [6.07, 6.45) is 2.99. The van der Waals surface area contributed by atoms with Gasteiger partial charge in [-0.05, 0) is 53.2 Å². The van der Waals surface area contributed by atoms with Crippen molar-refractivity contribution in [2.24, 2.45) is 5.92 Å². The maximum absolute atomic E-state index is 11.9. The third-order valence-electron chi connectivity index (χ3n) is 2.74. The van der Waals surface area contributed by atoms with Crippen molar-refractivity contribution in [1.82, 2.24) is 5.32 Å². The molecule has 0 spiro atoms. The maximum Gasteiger partial charge on any atom is 0.261 e. The second-order valence-electron chi connectivity index (χ2n) is 4.03. The predicted molar refractivity (Wildman–Crippen MR) is 67.7 cm³/mol. The topological polar surface area (TPSA) is 49.3 Å². The van der Waals surface area contributed by atoms with Gasteiger partial charge in [0.15, 0.2) is 0 Å². The molecular formula is C11H14BrNO2S. The van der Waals surface area contributed by atoms with Gasteiger partial charge in [-0.15, -0.1) is 11.3 Å². The van der Waals surface area contributed by atoms with Gasteiger partial charge in [-0.1, -0.05) is 0 Å². The van der Waals surface area contributed by atoms with E-state index in [1.165, 1.54) is 24.2 Å². The number of amides is 1. The summed E-state index contributed by atoms with van der Waals surface area (Å²) in [5.74, 6) is 0.542. The lowest BCUT2D eigenvalue weighted by molar-refractivity contribution is 0.0928. The van der Waals surface area contributed by atoms with Crippen molar-refractivity contribution in [3.05, 3.63) is 20.8 Å². The molecule has 0 radical (unpaired) electrons. The first-order valence-corrected chi connectivity index (χ1v) is 6.98. The molecule has 1 saturated carbocycles. The van der Waals surface area contributed by atoms with Gasteiger partial charge in [-0.25, -0.2) is 0 Å². The largest absolute Gasteiger partial charge is 0.396 e. The third-order valence-corrected chi connectivity index (χ3v) is 4.37. The minimum Gasteiger partial charge on any atom is -0.396 e. The van der Waals surface area contributed by atoms with Crippen molar-refractivity contribution in [3.63, 3.8) is 0 Å². The molecule has 0 aromatic carbocycles. The average molecular weight is 304 g/mol. The average Bonchev–Trinajstić information content (AvgIpc) is 3.00. The van der Waals surface area contributed by atoms with Crippen molar-refractivity contribution in [1.29, 1.82) is 0 Å². The summed E-state index contributed by atoms with van der Waals surface area (Å²) in [6, 6.07) is 3.82. The van der Waals surface area contributed by atoms with Gasteiger partial charge in [-0.2, -0.15) is 0 Å². The highest BCUT2D eigenvalue weighted by Gasteiger charge is 2.32. The molecule has 1 aromatic heterocycles. The van der Waals surface area contributed by atoms with E-state index in [1.807, 2.05) is 12.1 Å². The molecule has 1 aromatic rings. The van der Waals surface area contributed by atoms with Gasteiger partial charge in [0.05, 0.1) is 8.66 Å². The molecule has 5 heteroatoms. The Kier molecular flexibility index (Phi) is 4.00. The zero-order valence-electron chi connectivity index (χ0n) is 8.78.